The zero-order valence-corrected chi connectivity index (χ0v) is 13.3. The summed E-state index contributed by atoms with van der Waals surface area (Å²) in [7, 11) is 0. The Balaban J connectivity index is 2.07. The summed E-state index contributed by atoms with van der Waals surface area (Å²) in [5.74, 6) is 0.899. The highest BCUT2D eigenvalue weighted by Gasteiger charge is 2.20. The number of benzene rings is 1. The molecule has 1 nitrogen and oxygen atoms in total. The first kappa shape index (κ1) is 14.9. The lowest BCUT2D eigenvalue weighted by Gasteiger charge is -2.21. The number of hydrogen-bond donors (Lipinski definition) is 1. The number of thioether (sulfide) groups is 1. The summed E-state index contributed by atoms with van der Waals surface area (Å²) in [6.45, 7) is 2.14. The molecule has 0 aliphatic heterocycles. The minimum Gasteiger partial charge on any atom is -0.326 e. The maximum absolute atomic E-state index is 6.26. The van der Waals surface area contributed by atoms with Gasteiger partial charge in [-0.2, -0.15) is 0 Å². The first-order chi connectivity index (χ1) is 9.22. The number of thiophene rings is 1. The number of hydrogen-bond acceptors (Lipinski definition) is 3. The highest BCUT2D eigenvalue weighted by Crippen LogP contribution is 2.38. The van der Waals surface area contributed by atoms with Gasteiger partial charge in [-0.05, 0) is 29.5 Å². The molecule has 0 fully saturated rings. The van der Waals surface area contributed by atoms with Gasteiger partial charge in [0.1, 0.15) is 0 Å². The second kappa shape index (κ2) is 7.34. The molecule has 0 aliphatic rings. The largest absolute Gasteiger partial charge is 0.326 e. The number of nitrogens with two attached hydrogens (primary N) is 1. The molecule has 1 heterocycles. The normalized spacial score (nSPS) is 14.3. The molecule has 0 bridgehead atoms. The first-order valence-electron chi connectivity index (χ1n) is 6.36. The Morgan fingerprint density at radius 3 is 2.68 bits per heavy atom. The lowest BCUT2D eigenvalue weighted by Crippen LogP contribution is -2.25. The number of halogens is 1. The van der Waals surface area contributed by atoms with Gasteiger partial charge in [0.15, 0.2) is 0 Å². The minimum absolute atomic E-state index is 0.186. The Morgan fingerprint density at radius 1 is 1.26 bits per heavy atom. The Hall–Kier alpha value is -0.480. The van der Waals surface area contributed by atoms with Gasteiger partial charge in [-0.25, -0.2) is 0 Å². The molecule has 0 spiro atoms. The van der Waals surface area contributed by atoms with Gasteiger partial charge >= 0.3 is 0 Å². The van der Waals surface area contributed by atoms with Crippen LogP contribution in [0.1, 0.15) is 29.0 Å². The maximum atomic E-state index is 6.26. The minimum atomic E-state index is 0.186. The van der Waals surface area contributed by atoms with Crippen molar-refractivity contribution < 1.29 is 0 Å². The Morgan fingerprint density at radius 2 is 2.05 bits per heavy atom. The quantitative estimate of drug-likeness (QED) is 0.802. The highest BCUT2D eigenvalue weighted by molar-refractivity contribution is 7.98. The molecule has 1 aromatic carbocycles. The van der Waals surface area contributed by atoms with Crippen molar-refractivity contribution in [2.24, 2.45) is 5.73 Å². The molecule has 0 aliphatic carbocycles. The van der Waals surface area contributed by atoms with Crippen LogP contribution in [-0.4, -0.2) is 6.04 Å². The third kappa shape index (κ3) is 3.99. The average molecular weight is 312 g/mol. The van der Waals surface area contributed by atoms with Gasteiger partial charge in [0, 0.05) is 21.7 Å². The summed E-state index contributed by atoms with van der Waals surface area (Å²) in [5.41, 5.74) is 7.44. The summed E-state index contributed by atoms with van der Waals surface area (Å²) in [4.78, 5) is 1.35. The van der Waals surface area contributed by atoms with E-state index in [1.807, 2.05) is 30.0 Å². The Bertz CT molecular complexity index is 499. The fourth-order valence-corrected chi connectivity index (χ4v) is 4.61. The fraction of sp³-hybridized carbons (Fsp3) is 0.333. The lowest BCUT2D eigenvalue weighted by molar-refractivity contribution is 0.640. The van der Waals surface area contributed by atoms with Gasteiger partial charge < -0.3 is 5.73 Å². The van der Waals surface area contributed by atoms with Gasteiger partial charge in [-0.15, -0.1) is 23.1 Å². The molecule has 2 aromatic rings. The molecule has 4 heteroatoms. The van der Waals surface area contributed by atoms with Crippen molar-refractivity contribution >= 4 is 34.7 Å². The molecule has 2 atom stereocenters. The Kier molecular flexibility index (Phi) is 5.76. The van der Waals surface area contributed by atoms with Gasteiger partial charge in [0.05, 0.1) is 5.25 Å². The van der Waals surface area contributed by atoms with E-state index in [0.29, 0.717) is 5.25 Å². The van der Waals surface area contributed by atoms with E-state index in [-0.39, 0.29) is 6.04 Å². The van der Waals surface area contributed by atoms with E-state index in [1.165, 1.54) is 10.4 Å². The van der Waals surface area contributed by atoms with Gasteiger partial charge in [0.2, 0.25) is 0 Å². The Labute approximate surface area is 128 Å². The second-order valence-corrected chi connectivity index (χ2v) is 6.93. The van der Waals surface area contributed by atoms with Crippen LogP contribution < -0.4 is 5.73 Å². The summed E-state index contributed by atoms with van der Waals surface area (Å²) in [6, 6.07) is 12.5. The third-order valence-electron chi connectivity index (χ3n) is 3.06. The van der Waals surface area contributed by atoms with Crippen LogP contribution in [0.3, 0.4) is 0 Å². The standard InChI is InChI=1S/C15H18ClNS2/c1-2-13(17)15(14-8-5-9-18-14)19-10-11-6-3-4-7-12(11)16/h3-9,13,15H,2,10,17H2,1H3. The molecular formula is C15H18ClNS2. The van der Waals surface area contributed by atoms with Crippen molar-refractivity contribution in [1.82, 2.24) is 0 Å². The summed E-state index contributed by atoms with van der Waals surface area (Å²) >= 11 is 9.86. The molecule has 2 rings (SSSR count). The topological polar surface area (TPSA) is 26.0 Å². The van der Waals surface area contributed by atoms with E-state index in [2.05, 4.69) is 30.5 Å². The van der Waals surface area contributed by atoms with Crippen LogP contribution in [0.5, 0.6) is 0 Å². The van der Waals surface area contributed by atoms with Gasteiger partial charge in [0.25, 0.3) is 0 Å². The van der Waals surface area contributed by atoms with Crippen LogP contribution in [-0.2, 0) is 5.75 Å². The fourth-order valence-electron chi connectivity index (χ4n) is 1.88. The predicted molar refractivity (Wildman–Crippen MR) is 88.1 cm³/mol. The maximum Gasteiger partial charge on any atom is 0.0545 e. The van der Waals surface area contributed by atoms with E-state index in [4.69, 9.17) is 17.3 Å². The van der Waals surface area contributed by atoms with Crippen LogP contribution in [0.25, 0.3) is 0 Å². The van der Waals surface area contributed by atoms with Gasteiger partial charge in [-0.1, -0.05) is 42.8 Å². The SMILES string of the molecule is CCC(N)C(SCc1ccccc1Cl)c1cccs1. The van der Waals surface area contributed by atoms with E-state index < -0.39 is 0 Å². The highest BCUT2D eigenvalue weighted by atomic mass is 35.5. The molecular weight excluding hydrogens is 294 g/mol. The molecule has 0 radical (unpaired) electrons. The van der Waals surface area contributed by atoms with E-state index >= 15 is 0 Å². The zero-order valence-electron chi connectivity index (χ0n) is 10.9. The zero-order chi connectivity index (χ0) is 13.7. The van der Waals surface area contributed by atoms with E-state index in [9.17, 15) is 0 Å². The summed E-state index contributed by atoms with van der Waals surface area (Å²) in [6.07, 6.45) is 0.984. The van der Waals surface area contributed by atoms with Crippen molar-refractivity contribution in [3.05, 3.63) is 57.2 Å². The molecule has 0 saturated carbocycles. The molecule has 2 unspecified atom stereocenters. The predicted octanol–water partition coefficient (Wildman–Crippen LogP) is 5.11. The van der Waals surface area contributed by atoms with Crippen molar-refractivity contribution in [2.45, 2.75) is 30.4 Å². The monoisotopic (exact) mass is 311 g/mol. The van der Waals surface area contributed by atoms with Crippen LogP contribution in [0.4, 0.5) is 0 Å². The van der Waals surface area contributed by atoms with Crippen molar-refractivity contribution in [1.29, 1.82) is 0 Å². The van der Waals surface area contributed by atoms with E-state index in [0.717, 1.165) is 17.2 Å². The molecule has 0 amide bonds. The molecule has 1 aromatic heterocycles. The smallest absolute Gasteiger partial charge is 0.0545 e. The molecule has 102 valence electrons. The number of rotatable bonds is 6. The summed E-state index contributed by atoms with van der Waals surface area (Å²) in [5, 5.41) is 3.30. The molecule has 2 N–H and O–H groups in total. The first-order valence-corrected chi connectivity index (χ1v) is 8.67. The van der Waals surface area contributed by atoms with Gasteiger partial charge in [-0.3, -0.25) is 0 Å². The van der Waals surface area contributed by atoms with Crippen molar-refractivity contribution in [3.63, 3.8) is 0 Å². The van der Waals surface area contributed by atoms with E-state index in [1.54, 1.807) is 11.3 Å². The van der Waals surface area contributed by atoms with Crippen LogP contribution in [0.15, 0.2) is 41.8 Å². The van der Waals surface area contributed by atoms with Crippen molar-refractivity contribution in [2.75, 3.05) is 0 Å². The average Bonchev–Trinajstić information content (AvgIpc) is 2.94. The lowest BCUT2D eigenvalue weighted by atomic mass is 10.1. The van der Waals surface area contributed by atoms with Crippen LogP contribution >= 0.6 is 34.7 Å². The summed E-state index contributed by atoms with van der Waals surface area (Å²) < 4.78 is 0. The second-order valence-electron chi connectivity index (χ2n) is 4.41. The molecule has 19 heavy (non-hydrogen) atoms. The third-order valence-corrected chi connectivity index (χ3v) is 5.97. The molecule has 0 saturated heterocycles. The van der Waals surface area contributed by atoms with Crippen LogP contribution in [0, 0.1) is 0 Å². The van der Waals surface area contributed by atoms with Crippen molar-refractivity contribution in [3.8, 4) is 0 Å². The van der Waals surface area contributed by atoms with Crippen LogP contribution in [0.2, 0.25) is 5.02 Å².